The SMILES string of the molecule is O=C(O)C1=NN2C(c3ccc(F)cc3)=CC(c3ccc(Cl)cc3C(F)(F)F)=NC2C1. The number of allylic oxidation sites excluding steroid dienone is 1. The van der Waals surface area contributed by atoms with Crippen LogP contribution in [-0.2, 0) is 11.0 Å². The predicted octanol–water partition coefficient (Wildman–Crippen LogP) is 4.81. The summed E-state index contributed by atoms with van der Waals surface area (Å²) in [7, 11) is 0. The minimum atomic E-state index is -4.68. The smallest absolute Gasteiger partial charge is 0.417 e. The van der Waals surface area contributed by atoms with Crippen LogP contribution in [0.2, 0.25) is 5.02 Å². The van der Waals surface area contributed by atoms with Crippen LogP contribution in [0.15, 0.2) is 58.6 Å². The highest BCUT2D eigenvalue weighted by molar-refractivity contribution is 6.36. The average Bonchev–Trinajstić information content (AvgIpc) is 3.12. The Morgan fingerprint density at radius 1 is 1.17 bits per heavy atom. The van der Waals surface area contributed by atoms with E-state index < -0.39 is 29.7 Å². The van der Waals surface area contributed by atoms with Crippen molar-refractivity contribution in [1.29, 1.82) is 0 Å². The third-order valence-corrected chi connectivity index (χ3v) is 4.88. The van der Waals surface area contributed by atoms with E-state index >= 15 is 0 Å². The lowest BCUT2D eigenvalue weighted by molar-refractivity contribution is -0.137. The van der Waals surface area contributed by atoms with E-state index in [1.165, 1.54) is 47.5 Å². The summed E-state index contributed by atoms with van der Waals surface area (Å²) < 4.78 is 54.1. The Labute approximate surface area is 172 Å². The number of carboxylic acids is 1. The predicted molar refractivity (Wildman–Crippen MR) is 103 cm³/mol. The maximum absolute atomic E-state index is 13.6. The van der Waals surface area contributed by atoms with Crippen LogP contribution >= 0.6 is 11.6 Å². The fraction of sp³-hybridized carbons (Fsp3) is 0.150. The maximum Gasteiger partial charge on any atom is 0.417 e. The Balaban J connectivity index is 1.88. The molecule has 2 aliphatic rings. The van der Waals surface area contributed by atoms with Crippen LogP contribution in [0.1, 0.15) is 23.1 Å². The van der Waals surface area contributed by atoms with Gasteiger partial charge in [0.15, 0.2) is 0 Å². The maximum atomic E-state index is 13.6. The Bertz CT molecular complexity index is 1120. The van der Waals surface area contributed by atoms with Crippen molar-refractivity contribution in [2.24, 2.45) is 10.1 Å². The number of carbonyl (C=O) groups is 1. The molecule has 2 aromatic carbocycles. The van der Waals surface area contributed by atoms with Crippen molar-refractivity contribution < 1.29 is 27.5 Å². The molecule has 1 atom stereocenters. The third-order valence-electron chi connectivity index (χ3n) is 4.64. The zero-order valence-electron chi connectivity index (χ0n) is 15.0. The summed E-state index contributed by atoms with van der Waals surface area (Å²) in [6.45, 7) is 0. The van der Waals surface area contributed by atoms with E-state index in [0.717, 1.165) is 6.07 Å². The van der Waals surface area contributed by atoms with Crippen LogP contribution in [-0.4, -0.2) is 33.7 Å². The molecular weight excluding hydrogens is 426 g/mol. The van der Waals surface area contributed by atoms with Crippen molar-refractivity contribution in [3.05, 3.63) is 76.1 Å². The van der Waals surface area contributed by atoms with Gasteiger partial charge in [0, 0.05) is 22.6 Å². The van der Waals surface area contributed by atoms with Crippen LogP contribution in [0.4, 0.5) is 17.6 Å². The van der Waals surface area contributed by atoms with Crippen molar-refractivity contribution in [1.82, 2.24) is 5.01 Å². The number of aliphatic carboxylic acids is 1. The topological polar surface area (TPSA) is 65.3 Å². The Kier molecular flexibility index (Phi) is 4.85. The lowest BCUT2D eigenvalue weighted by atomic mass is 9.98. The fourth-order valence-electron chi connectivity index (χ4n) is 3.29. The molecule has 2 aliphatic heterocycles. The van der Waals surface area contributed by atoms with Crippen LogP contribution in [0.5, 0.6) is 0 Å². The number of hydrazone groups is 1. The largest absolute Gasteiger partial charge is 0.477 e. The van der Waals surface area contributed by atoms with Gasteiger partial charge in [-0.25, -0.2) is 14.2 Å². The molecule has 0 amide bonds. The number of fused-ring (bicyclic) bond motifs is 1. The molecule has 2 heterocycles. The second-order valence-electron chi connectivity index (χ2n) is 6.62. The Morgan fingerprint density at radius 3 is 2.50 bits per heavy atom. The summed E-state index contributed by atoms with van der Waals surface area (Å²) in [6, 6.07) is 8.59. The van der Waals surface area contributed by atoms with Gasteiger partial charge in [0.25, 0.3) is 0 Å². The first-order chi connectivity index (χ1) is 14.1. The molecular formula is C20H12ClF4N3O2. The quantitative estimate of drug-likeness (QED) is 0.700. The highest BCUT2D eigenvalue weighted by atomic mass is 35.5. The lowest BCUT2D eigenvalue weighted by Gasteiger charge is -2.29. The molecule has 2 aromatic rings. The van der Waals surface area contributed by atoms with E-state index in [1.54, 1.807) is 0 Å². The van der Waals surface area contributed by atoms with E-state index in [-0.39, 0.29) is 28.4 Å². The third kappa shape index (κ3) is 3.68. The summed E-state index contributed by atoms with van der Waals surface area (Å²) in [4.78, 5) is 15.7. The number of alkyl halides is 3. The molecule has 1 unspecified atom stereocenters. The molecule has 5 nitrogen and oxygen atoms in total. The molecule has 0 aliphatic carbocycles. The number of rotatable bonds is 3. The molecule has 154 valence electrons. The van der Waals surface area contributed by atoms with Gasteiger partial charge in [0.2, 0.25) is 0 Å². The second kappa shape index (κ2) is 7.24. The summed E-state index contributed by atoms with van der Waals surface area (Å²) in [6.07, 6.45) is -4.24. The molecule has 1 N–H and O–H groups in total. The van der Waals surface area contributed by atoms with Gasteiger partial charge in [-0.3, -0.25) is 4.99 Å². The lowest BCUT2D eigenvalue weighted by Crippen LogP contribution is -2.30. The fourth-order valence-corrected chi connectivity index (χ4v) is 3.47. The van der Waals surface area contributed by atoms with Crippen molar-refractivity contribution in [3.63, 3.8) is 0 Å². The number of hydrogen-bond acceptors (Lipinski definition) is 4. The number of benzene rings is 2. The molecule has 0 bridgehead atoms. The zero-order chi connectivity index (χ0) is 21.6. The standard InChI is InChI=1S/C20H12ClF4N3O2/c21-11-3-6-13(14(7-11)20(23,24)25)15-8-17(10-1-4-12(22)5-2-10)28-18(26-15)9-16(27-28)19(29)30/h1-8,18H,9H2,(H,29,30). The van der Waals surface area contributed by atoms with Crippen LogP contribution in [0, 0.1) is 5.82 Å². The number of carboxylic acid groups (broad SMARTS) is 1. The van der Waals surface area contributed by atoms with Gasteiger partial charge in [-0.05, 0) is 42.5 Å². The zero-order valence-corrected chi connectivity index (χ0v) is 15.7. The van der Waals surface area contributed by atoms with Gasteiger partial charge in [0.1, 0.15) is 17.7 Å². The number of halogens is 5. The minimum Gasteiger partial charge on any atom is -0.477 e. The van der Waals surface area contributed by atoms with Crippen molar-refractivity contribution in [2.45, 2.75) is 18.8 Å². The summed E-state index contributed by atoms with van der Waals surface area (Å²) >= 11 is 5.76. The van der Waals surface area contributed by atoms with Crippen molar-refractivity contribution >= 4 is 34.7 Å². The molecule has 0 saturated heterocycles. The van der Waals surface area contributed by atoms with E-state index in [1.807, 2.05) is 0 Å². The van der Waals surface area contributed by atoms with E-state index in [4.69, 9.17) is 11.6 Å². The molecule has 4 rings (SSSR count). The van der Waals surface area contributed by atoms with Gasteiger partial charge < -0.3 is 5.11 Å². The van der Waals surface area contributed by atoms with Crippen LogP contribution in [0.3, 0.4) is 0 Å². The molecule has 30 heavy (non-hydrogen) atoms. The van der Waals surface area contributed by atoms with Crippen LogP contribution in [0.25, 0.3) is 5.70 Å². The van der Waals surface area contributed by atoms with Crippen molar-refractivity contribution in [2.75, 3.05) is 0 Å². The number of hydrogen-bond donors (Lipinski definition) is 1. The van der Waals surface area contributed by atoms with Gasteiger partial charge in [-0.15, -0.1) is 0 Å². The monoisotopic (exact) mass is 437 g/mol. The Hall–Kier alpha value is -3.20. The minimum absolute atomic E-state index is 0.00130. The molecule has 10 heteroatoms. The Morgan fingerprint density at radius 2 is 1.87 bits per heavy atom. The summed E-state index contributed by atoms with van der Waals surface area (Å²) in [5, 5.41) is 14.6. The first-order valence-electron chi connectivity index (χ1n) is 8.66. The second-order valence-corrected chi connectivity index (χ2v) is 7.06. The number of nitrogens with zero attached hydrogens (tertiary/aromatic N) is 3. The highest BCUT2D eigenvalue weighted by Gasteiger charge is 2.38. The van der Waals surface area contributed by atoms with E-state index in [0.29, 0.717) is 11.3 Å². The highest BCUT2D eigenvalue weighted by Crippen LogP contribution is 2.38. The van der Waals surface area contributed by atoms with Gasteiger partial charge in [0.05, 0.1) is 17.0 Å². The normalized spacial score (nSPS) is 18.5. The van der Waals surface area contributed by atoms with Gasteiger partial charge in [-0.1, -0.05) is 17.7 Å². The van der Waals surface area contributed by atoms with Gasteiger partial charge >= 0.3 is 12.1 Å². The molecule has 0 spiro atoms. The van der Waals surface area contributed by atoms with Gasteiger partial charge in [-0.2, -0.15) is 18.3 Å². The average molecular weight is 438 g/mol. The van der Waals surface area contributed by atoms with Crippen molar-refractivity contribution in [3.8, 4) is 0 Å². The van der Waals surface area contributed by atoms with E-state index in [9.17, 15) is 27.5 Å². The summed E-state index contributed by atoms with van der Waals surface area (Å²) in [5.74, 6) is -1.74. The first kappa shape index (κ1) is 20.1. The molecule has 0 saturated carbocycles. The van der Waals surface area contributed by atoms with Crippen LogP contribution < -0.4 is 0 Å². The first-order valence-corrected chi connectivity index (χ1v) is 9.04. The summed E-state index contributed by atoms with van der Waals surface area (Å²) in [5.41, 5.74) is -0.577. The molecule has 0 aromatic heterocycles. The van der Waals surface area contributed by atoms with E-state index in [2.05, 4.69) is 10.1 Å². The number of aliphatic imine (C=N–C) groups is 1. The molecule has 0 fully saturated rings. The molecule has 0 radical (unpaired) electrons.